The van der Waals surface area contributed by atoms with Gasteiger partial charge in [-0.15, -0.1) is 0 Å². The number of nitrogens with one attached hydrogen (secondary N) is 1. The number of carbonyl (C=O) groups excluding carboxylic acids is 1. The molecule has 1 N–H and O–H groups in total. The van der Waals surface area contributed by atoms with Crippen LogP contribution in [0.2, 0.25) is 0 Å². The third-order valence-electron chi connectivity index (χ3n) is 5.33. The van der Waals surface area contributed by atoms with Gasteiger partial charge in [0.15, 0.2) is 5.82 Å². The van der Waals surface area contributed by atoms with Gasteiger partial charge in [0.05, 0.1) is 30.9 Å². The summed E-state index contributed by atoms with van der Waals surface area (Å²) in [6.07, 6.45) is 0. The molecule has 0 fully saturated rings. The molecule has 0 saturated carbocycles. The summed E-state index contributed by atoms with van der Waals surface area (Å²) in [7, 11) is 2.57. The summed E-state index contributed by atoms with van der Waals surface area (Å²) in [5.74, 6) is -0.361. The lowest BCUT2D eigenvalue weighted by molar-refractivity contribution is -0.387. The largest absolute Gasteiger partial charge is 0.476 e. The number of halogens is 1. The number of nitrogens with zero attached hydrogens (tertiary/aromatic N) is 4. The van der Waals surface area contributed by atoms with E-state index in [1.54, 1.807) is 19.1 Å². The van der Waals surface area contributed by atoms with E-state index in [1.165, 1.54) is 19.1 Å². The van der Waals surface area contributed by atoms with Crippen molar-refractivity contribution in [1.29, 1.82) is 0 Å². The number of amides is 2. The SMILES string of the molecule is COc1nc(C2=C(C)N(c3ccccc3)C(=O)NC2c2ccc(Br)cc2)nc(OC)c1[N+](=O)[O-]. The van der Waals surface area contributed by atoms with Crippen LogP contribution in [0.15, 0.2) is 64.8 Å². The molecule has 1 aliphatic heterocycles. The molecule has 11 heteroatoms. The number of urea groups is 1. The number of para-hydroxylation sites is 1. The molecule has 2 heterocycles. The predicted octanol–water partition coefficient (Wildman–Crippen LogP) is 4.87. The Morgan fingerprint density at radius 3 is 2.15 bits per heavy atom. The Balaban J connectivity index is 1.99. The zero-order valence-electron chi connectivity index (χ0n) is 18.5. The van der Waals surface area contributed by atoms with Gasteiger partial charge in [0.25, 0.3) is 0 Å². The quantitative estimate of drug-likeness (QED) is 0.360. The van der Waals surface area contributed by atoms with Crippen molar-refractivity contribution in [3.63, 3.8) is 0 Å². The van der Waals surface area contributed by atoms with Crippen LogP contribution in [-0.2, 0) is 0 Å². The highest BCUT2D eigenvalue weighted by molar-refractivity contribution is 9.10. The van der Waals surface area contributed by atoms with Crippen molar-refractivity contribution in [2.75, 3.05) is 19.1 Å². The molecule has 4 rings (SSSR count). The third kappa shape index (κ3) is 4.17. The maximum Gasteiger partial charge on any atom is 0.392 e. The van der Waals surface area contributed by atoms with Crippen molar-refractivity contribution in [3.8, 4) is 11.8 Å². The molecular formula is C23H20BrN5O5. The van der Waals surface area contributed by atoms with Crippen molar-refractivity contribution in [2.45, 2.75) is 13.0 Å². The van der Waals surface area contributed by atoms with Crippen LogP contribution in [0.3, 0.4) is 0 Å². The lowest BCUT2D eigenvalue weighted by atomic mass is 9.94. The first-order valence-corrected chi connectivity index (χ1v) is 10.9. The summed E-state index contributed by atoms with van der Waals surface area (Å²) >= 11 is 3.42. The number of carbonyl (C=O) groups is 1. The third-order valence-corrected chi connectivity index (χ3v) is 5.86. The predicted molar refractivity (Wildman–Crippen MR) is 129 cm³/mol. The molecular weight excluding hydrogens is 506 g/mol. The minimum atomic E-state index is -0.659. The summed E-state index contributed by atoms with van der Waals surface area (Å²) in [4.78, 5) is 34.3. The molecule has 1 unspecified atom stereocenters. The first-order valence-electron chi connectivity index (χ1n) is 10.1. The van der Waals surface area contributed by atoms with E-state index < -0.39 is 16.7 Å². The van der Waals surface area contributed by atoms with E-state index in [1.807, 2.05) is 42.5 Å². The van der Waals surface area contributed by atoms with E-state index in [9.17, 15) is 14.9 Å². The highest BCUT2D eigenvalue weighted by Gasteiger charge is 2.37. The van der Waals surface area contributed by atoms with Crippen LogP contribution in [0.5, 0.6) is 11.8 Å². The highest BCUT2D eigenvalue weighted by Crippen LogP contribution is 2.41. The van der Waals surface area contributed by atoms with Crippen molar-refractivity contribution in [2.24, 2.45) is 0 Å². The van der Waals surface area contributed by atoms with Gasteiger partial charge in [-0.3, -0.25) is 15.0 Å². The van der Waals surface area contributed by atoms with Crippen LogP contribution in [0.4, 0.5) is 16.2 Å². The molecule has 2 amide bonds. The van der Waals surface area contributed by atoms with Gasteiger partial charge in [-0.05, 0) is 36.8 Å². The van der Waals surface area contributed by atoms with Crippen molar-refractivity contribution >= 4 is 38.9 Å². The van der Waals surface area contributed by atoms with Gasteiger partial charge < -0.3 is 14.8 Å². The lowest BCUT2D eigenvalue weighted by Crippen LogP contribution is -2.46. The Morgan fingerprint density at radius 2 is 1.62 bits per heavy atom. The van der Waals surface area contributed by atoms with Crippen molar-refractivity contribution in [1.82, 2.24) is 15.3 Å². The Labute approximate surface area is 203 Å². The fourth-order valence-corrected chi connectivity index (χ4v) is 4.07. The summed E-state index contributed by atoms with van der Waals surface area (Å²) in [5, 5.41) is 14.6. The molecule has 0 aliphatic carbocycles. The van der Waals surface area contributed by atoms with E-state index in [0.717, 1.165) is 10.0 Å². The Hall–Kier alpha value is -3.99. The number of benzene rings is 2. The average molecular weight is 526 g/mol. The van der Waals surface area contributed by atoms with Gasteiger partial charge in [-0.2, -0.15) is 9.97 Å². The number of hydrogen-bond acceptors (Lipinski definition) is 7. The second-order valence-electron chi connectivity index (χ2n) is 7.28. The second kappa shape index (κ2) is 9.48. The number of anilines is 1. The molecule has 174 valence electrons. The van der Waals surface area contributed by atoms with E-state index in [4.69, 9.17) is 9.47 Å². The van der Waals surface area contributed by atoms with Gasteiger partial charge in [-0.25, -0.2) is 4.79 Å². The molecule has 34 heavy (non-hydrogen) atoms. The van der Waals surface area contributed by atoms with Gasteiger partial charge in [-0.1, -0.05) is 46.3 Å². The summed E-state index contributed by atoms with van der Waals surface area (Å²) in [6.45, 7) is 1.77. The molecule has 0 radical (unpaired) electrons. The molecule has 0 spiro atoms. The summed E-state index contributed by atoms with van der Waals surface area (Å²) in [6, 6.07) is 15.6. The Kier molecular flexibility index (Phi) is 6.46. The van der Waals surface area contributed by atoms with Crippen molar-refractivity contribution in [3.05, 3.63) is 86.3 Å². The minimum Gasteiger partial charge on any atom is -0.476 e. The summed E-state index contributed by atoms with van der Waals surface area (Å²) in [5.41, 5.74) is 2.04. The molecule has 1 aromatic heterocycles. The molecule has 0 saturated heterocycles. The van der Waals surface area contributed by atoms with Crippen LogP contribution in [0.1, 0.15) is 24.4 Å². The van der Waals surface area contributed by atoms with Crippen LogP contribution in [0, 0.1) is 10.1 Å². The molecule has 0 bridgehead atoms. The second-order valence-corrected chi connectivity index (χ2v) is 8.19. The smallest absolute Gasteiger partial charge is 0.392 e. The fraction of sp³-hybridized carbons (Fsp3) is 0.174. The van der Waals surface area contributed by atoms with Gasteiger partial charge in [0.1, 0.15) is 0 Å². The maximum atomic E-state index is 13.2. The van der Waals surface area contributed by atoms with Gasteiger partial charge >= 0.3 is 23.5 Å². The molecule has 10 nitrogen and oxygen atoms in total. The van der Waals surface area contributed by atoms with E-state index in [-0.39, 0.29) is 23.6 Å². The van der Waals surface area contributed by atoms with Crippen LogP contribution in [0.25, 0.3) is 5.57 Å². The van der Waals surface area contributed by atoms with Crippen molar-refractivity contribution < 1.29 is 19.2 Å². The number of hydrogen-bond donors (Lipinski definition) is 1. The van der Waals surface area contributed by atoms with Gasteiger partial charge in [0.2, 0.25) is 0 Å². The van der Waals surface area contributed by atoms with Crippen LogP contribution >= 0.6 is 15.9 Å². The molecule has 2 aromatic carbocycles. The topological polar surface area (TPSA) is 120 Å². The van der Waals surface area contributed by atoms with E-state index in [2.05, 4.69) is 31.2 Å². The standard InChI is InChI=1S/C23H20BrN5O5/c1-13-17(20-26-21(33-2)19(29(31)32)22(27-20)34-3)18(14-9-11-15(24)12-10-14)25-23(30)28(13)16-7-5-4-6-8-16/h4-12,18H,1-3H3,(H,25,30). The monoisotopic (exact) mass is 525 g/mol. The molecule has 1 aliphatic rings. The Bertz CT molecular complexity index is 1260. The number of nitro groups is 1. The number of allylic oxidation sites excluding steroid dienone is 1. The zero-order valence-corrected chi connectivity index (χ0v) is 20.1. The van der Waals surface area contributed by atoms with E-state index in [0.29, 0.717) is 17.0 Å². The zero-order chi connectivity index (χ0) is 24.4. The number of rotatable bonds is 6. The number of ether oxygens (including phenoxy) is 2. The average Bonchev–Trinajstić information content (AvgIpc) is 2.83. The summed E-state index contributed by atoms with van der Waals surface area (Å²) < 4.78 is 11.3. The fourth-order valence-electron chi connectivity index (χ4n) is 3.80. The lowest BCUT2D eigenvalue weighted by Gasteiger charge is -2.36. The normalized spacial score (nSPS) is 15.7. The number of aromatic nitrogens is 2. The van der Waals surface area contributed by atoms with E-state index >= 15 is 0 Å². The Morgan fingerprint density at radius 1 is 1.03 bits per heavy atom. The maximum absolute atomic E-state index is 13.2. The van der Waals surface area contributed by atoms with Gasteiger partial charge in [0, 0.05) is 15.7 Å². The highest BCUT2D eigenvalue weighted by atomic mass is 79.9. The van der Waals surface area contributed by atoms with Crippen LogP contribution < -0.4 is 19.7 Å². The first kappa shape index (κ1) is 23.2. The number of methoxy groups -OCH3 is 2. The van der Waals surface area contributed by atoms with Crippen LogP contribution in [-0.4, -0.2) is 35.1 Å². The first-order chi connectivity index (χ1) is 16.3. The molecule has 3 aromatic rings. The minimum absolute atomic E-state index is 0.130. The molecule has 1 atom stereocenters.